The number of aromatic nitrogens is 2. The smallest absolute Gasteiger partial charge is 0.147 e. The van der Waals surface area contributed by atoms with Crippen LogP contribution in [0, 0.1) is 0 Å². The Kier molecular flexibility index (Phi) is 4.11. The van der Waals surface area contributed by atoms with Crippen LogP contribution in [0.2, 0.25) is 0 Å². The van der Waals surface area contributed by atoms with Crippen molar-refractivity contribution in [1.82, 2.24) is 9.36 Å². The number of aliphatic hydroxyl groups is 1. The lowest BCUT2D eigenvalue weighted by atomic mass is 10.1. The molecule has 0 aliphatic heterocycles. The minimum atomic E-state index is -0.313. The van der Waals surface area contributed by atoms with Crippen LogP contribution in [-0.4, -0.2) is 27.1 Å². The first-order valence-corrected chi connectivity index (χ1v) is 6.53. The molecule has 0 fully saturated rings. The fourth-order valence-electron chi connectivity index (χ4n) is 1.62. The zero-order valence-corrected chi connectivity index (χ0v) is 10.9. The second-order valence-corrected chi connectivity index (χ2v) is 4.85. The van der Waals surface area contributed by atoms with Crippen LogP contribution in [0.3, 0.4) is 0 Å². The van der Waals surface area contributed by atoms with E-state index in [4.69, 9.17) is 5.73 Å². The van der Waals surface area contributed by atoms with Crippen molar-refractivity contribution in [2.24, 2.45) is 0 Å². The highest BCUT2D eigenvalue weighted by atomic mass is 32.1. The summed E-state index contributed by atoms with van der Waals surface area (Å²) in [6.45, 7) is 2.46. The van der Waals surface area contributed by atoms with E-state index in [0.717, 1.165) is 16.1 Å². The van der Waals surface area contributed by atoms with Crippen LogP contribution in [0.1, 0.15) is 13.3 Å². The normalized spacial score (nSPS) is 12.3. The molecule has 1 unspecified atom stereocenters. The lowest BCUT2D eigenvalue weighted by Crippen LogP contribution is -2.09. The van der Waals surface area contributed by atoms with Crippen LogP contribution < -0.4 is 11.1 Å². The van der Waals surface area contributed by atoms with Crippen molar-refractivity contribution in [2.45, 2.75) is 19.4 Å². The Balaban J connectivity index is 2.17. The third-order valence-electron chi connectivity index (χ3n) is 2.54. The molecule has 18 heavy (non-hydrogen) atoms. The number of hydrogen-bond donors (Lipinski definition) is 3. The SMILES string of the molecule is CC(O)CCNc1snc(N)c1-c1ccncc1. The number of aliphatic hydroxyl groups excluding tert-OH is 1. The average molecular weight is 264 g/mol. The molecule has 0 amide bonds. The van der Waals surface area contributed by atoms with Gasteiger partial charge in [0.2, 0.25) is 0 Å². The molecule has 6 heteroatoms. The van der Waals surface area contributed by atoms with Gasteiger partial charge in [-0.05, 0) is 42.6 Å². The van der Waals surface area contributed by atoms with E-state index in [2.05, 4.69) is 14.7 Å². The molecule has 0 aliphatic carbocycles. The van der Waals surface area contributed by atoms with Crippen molar-refractivity contribution in [2.75, 3.05) is 17.6 Å². The number of nitrogens with two attached hydrogens (primary N) is 1. The summed E-state index contributed by atoms with van der Waals surface area (Å²) in [6.07, 6.45) is 3.83. The molecule has 0 radical (unpaired) electrons. The molecule has 2 heterocycles. The molecule has 1 atom stereocenters. The van der Waals surface area contributed by atoms with E-state index in [9.17, 15) is 5.11 Å². The number of pyridine rings is 1. The van der Waals surface area contributed by atoms with Gasteiger partial charge < -0.3 is 16.2 Å². The van der Waals surface area contributed by atoms with Gasteiger partial charge in [0.1, 0.15) is 10.8 Å². The van der Waals surface area contributed by atoms with Crippen LogP contribution >= 0.6 is 11.5 Å². The first-order chi connectivity index (χ1) is 8.68. The molecule has 2 aromatic rings. The van der Waals surface area contributed by atoms with E-state index in [0.29, 0.717) is 18.8 Å². The summed E-state index contributed by atoms with van der Waals surface area (Å²) in [6, 6.07) is 3.81. The van der Waals surface area contributed by atoms with Crippen molar-refractivity contribution in [3.63, 3.8) is 0 Å². The molecule has 96 valence electrons. The van der Waals surface area contributed by atoms with Gasteiger partial charge in [-0.25, -0.2) is 0 Å². The quantitative estimate of drug-likeness (QED) is 0.769. The van der Waals surface area contributed by atoms with Gasteiger partial charge in [-0.1, -0.05) is 0 Å². The average Bonchev–Trinajstić information content (AvgIpc) is 2.71. The molecule has 5 nitrogen and oxygen atoms in total. The second kappa shape index (κ2) is 5.79. The predicted molar refractivity (Wildman–Crippen MR) is 74.5 cm³/mol. The maximum Gasteiger partial charge on any atom is 0.147 e. The van der Waals surface area contributed by atoms with Crippen LogP contribution in [0.25, 0.3) is 11.1 Å². The third kappa shape index (κ3) is 2.96. The summed E-state index contributed by atoms with van der Waals surface area (Å²) < 4.78 is 4.16. The van der Waals surface area contributed by atoms with Crippen molar-refractivity contribution in [3.05, 3.63) is 24.5 Å². The first kappa shape index (κ1) is 12.8. The zero-order valence-electron chi connectivity index (χ0n) is 10.1. The molecule has 4 N–H and O–H groups in total. The van der Waals surface area contributed by atoms with E-state index >= 15 is 0 Å². The van der Waals surface area contributed by atoms with Crippen molar-refractivity contribution >= 4 is 22.4 Å². The Morgan fingerprint density at radius 2 is 2.17 bits per heavy atom. The van der Waals surface area contributed by atoms with Crippen molar-refractivity contribution in [1.29, 1.82) is 0 Å². The Hall–Kier alpha value is -1.66. The first-order valence-electron chi connectivity index (χ1n) is 5.76. The van der Waals surface area contributed by atoms with E-state index < -0.39 is 0 Å². The monoisotopic (exact) mass is 264 g/mol. The van der Waals surface area contributed by atoms with Gasteiger partial charge in [-0.2, -0.15) is 4.37 Å². The third-order valence-corrected chi connectivity index (χ3v) is 3.35. The van der Waals surface area contributed by atoms with Gasteiger partial charge in [-0.15, -0.1) is 0 Å². The minimum Gasteiger partial charge on any atom is -0.393 e. The van der Waals surface area contributed by atoms with E-state index in [1.54, 1.807) is 19.3 Å². The number of nitrogens with one attached hydrogen (secondary N) is 1. The summed E-state index contributed by atoms with van der Waals surface area (Å²) >= 11 is 1.33. The zero-order chi connectivity index (χ0) is 13.0. The summed E-state index contributed by atoms with van der Waals surface area (Å²) in [7, 11) is 0. The predicted octanol–water partition coefficient (Wildman–Crippen LogP) is 1.97. The van der Waals surface area contributed by atoms with Gasteiger partial charge in [-0.3, -0.25) is 4.98 Å². The minimum absolute atomic E-state index is 0.313. The number of anilines is 2. The fourth-order valence-corrected chi connectivity index (χ4v) is 2.38. The standard InChI is InChI=1S/C12H16N4OS/c1-8(17)2-7-15-12-10(11(13)16-18-12)9-3-5-14-6-4-9/h3-6,8,15,17H,2,7H2,1H3,(H2,13,16). The number of rotatable bonds is 5. The van der Waals surface area contributed by atoms with Gasteiger partial charge in [0.15, 0.2) is 0 Å². The van der Waals surface area contributed by atoms with E-state index in [1.807, 2.05) is 12.1 Å². The van der Waals surface area contributed by atoms with Gasteiger partial charge in [0.25, 0.3) is 0 Å². The highest BCUT2D eigenvalue weighted by molar-refractivity contribution is 7.11. The maximum absolute atomic E-state index is 9.24. The number of hydrogen-bond acceptors (Lipinski definition) is 6. The lowest BCUT2D eigenvalue weighted by Gasteiger charge is -2.08. The molecule has 2 rings (SSSR count). The molecule has 0 saturated carbocycles. The summed E-state index contributed by atoms with van der Waals surface area (Å²) in [5, 5.41) is 13.4. The molecular weight excluding hydrogens is 248 g/mol. The Labute approximate surface area is 110 Å². The topological polar surface area (TPSA) is 84.1 Å². The van der Waals surface area contributed by atoms with E-state index in [-0.39, 0.29) is 6.10 Å². The molecule has 0 spiro atoms. The molecule has 0 aliphatic rings. The van der Waals surface area contributed by atoms with Crippen LogP contribution in [-0.2, 0) is 0 Å². The summed E-state index contributed by atoms with van der Waals surface area (Å²) in [5.74, 6) is 0.519. The number of nitrogens with zero attached hydrogens (tertiary/aromatic N) is 2. The number of nitrogen functional groups attached to an aromatic ring is 1. The molecule has 0 aromatic carbocycles. The van der Waals surface area contributed by atoms with Gasteiger partial charge in [0, 0.05) is 18.9 Å². The maximum atomic E-state index is 9.24. The Bertz CT molecular complexity index is 498. The highest BCUT2D eigenvalue weighted by Crippen LogP contribution is 2.36. The van der Waals surface area contributed by atoms with Gasteiger partial charge in [0.05, 0.1) is 11.7 Å². The fraction of sp³-hybridized carbons (Fsp3) is 0.333. The Morgan fingerprint density at radius 3 is 2.83 bits per heavy atom. The van der Waals surface area contributed by atoms with Crippen LogP contribution in [0.15, 0.2) is 24.5 Å². The highest BCUT2D eigenvalue weighted by Gasteiger charge is 2.13. The van der Waals surface area contributed by atoms with Crippen molar-refractivity contribution < 1.29 is 5.11 Å². The van der Waals surface area contributed by atoms with Crippen LogP contribution in [0.4, 0.5) is 10.8 Å². The lowest BCUT2D eigenvalue weighted by molar-refractivity contribution is 0.189. The summed E-state index contributed by atoms with van der Waals surface area (Å²) in [4.78, 5) is 3.99. The molecule has 0 bridgehead atoms. The molecular formula is C12H16N4OS. The largest absolute Gasteiger partial charge is 0.393 e. The summed E-state index contributed by atoms with van der Waals surface area (Å²) in [5.41, 5.74) is 7.80. The van der Waals surface area contributed by atoms with Crippen molar-refractivity contribution in [3.8, 4) is 11.1 Å². The van der Waals surface area contributed by atoms with E-state index in [1.165, 1.54) is 11.5 Å². The second-order valence-electron chi connectivity index (χ2n) is 4.07. The molecule has 2 aromatic heterocycles. The van der Waals surface area contributed by atoms with Crippen LogP contribution in [0.5, 0.6) is 0 Å². The Morgan fingerprint density at radius 1 is 1.44 bits per heavy atom. The molecule has 0 saturated heterocycles. The van der Waals surface area contributed by atoms with Gasteiger partial charge >= 0.3 is 0 Å².